The predicted octanol–water partition coefficient (Wildman–Crippen LogP) is 2.76. The standard InChI is InChI=1S/C23H18ClNO5/c1-9-6-17(27)20-15(21(9)28)8-13-11(3-4-12-19(13)23(30)25-22(12)29)18(20)14-7-10(24)2-5-16(14)26/h2-3,5-7,12-13,18-19,26H,4,8H2,1H3,(H,25,29,30)/t12-,13+,18+,19-/m0/s1. The largest absolute Gasteiger partial charge is 0.508 e. The highest BCUT2D eigenvalue weighted by Gasteiger charge is 2.53. The van der Waals surface area contributed by atoms with Crippen molar-refractivity contribution >= 4 is 35.0 Å². The Morgan fingerprint density at radius 3 is 2.63 bits per heavy atom. The predicted molar refractivity (Wildman–Crippen MR) is 108 cm³/mol. The van der Waals surface area contributed by atoms with Crippen LogP contribution in [0.4, 0.5) is 0 Å². The fourth-order valence-corrected chi connectivity index (χ4v) is 5.59. The molecule has 7 heteroatoms. The number of Topliss-reactive ketones (excluding diaryl/α,β-unsaturated/α-hetero) is 1. The molecule has 30 heavy (non-hydrogen) atoms. The van der Waals surface area contributed by atoms with E-state index in [2.05, 4.69) is 5.32 Å². The zero-order valence-corrected chi connectivity index (χ0v) is 16.8. The van der Waals surface area contributed by atoms with Crippen molar-refractivity contribution in [2.45, 2.75) is 25.7 Å². The molecule has 1 saturated heterocycles. The second kappa shape index (κ2) is 6.51. The van der Waals surface area contributed by atoms with Gasteiger partial charge in [0, 0.05) is 33.2 Å². The van der Waals surface area contributed by atoms with Crippen LogP contribution in [-0.4, -0.2) is 28.5 Å². The van der Waals surface area contributed by atoms with Crippen LogP contribution in [0.1, 0.15) is 31.2 Å². The Bertz CT molecular complexity index is 1160. The van der Waals surface area contributed by atoms with E-state index >= 15 is 0 Å². The van der Waals surface area contributed by atoms with Crippen molar-refractivity contribution in [2.75, 3.05) is 0 Å². The molecule has 6 nitrogen and oxygen atoms in total. The highest BCUT2D eigenvalue weighted by atomic mass is 35.5. The number of hydrogen-bond donors (Lipinski definition) is 2. The van der Waals surface area contributed by atoms with Crippen molar-refractivity contribution in [3.05, 3.63) is 63.2 Å². The van der Waals surface area contributed by atoms with Crippen LogP contribution in [0.25, 0.3) is 0 Å². The highest BCUT2D eigenvalue weighted by molar-refractivity contribution is 6.30. The van der Waals surface area contributed by atoms with Crippen molar-refractivity contribution in [1.29, 1.82) is 0 Å². The third-order valence-electron chi connectivity index (χ3n) is 6.71. The van der Waals surface area contributed by atoms with E-state index in [-0.39, 0.29) is 35.6 Å². The Kier molecular flexibility index (Phi) is 4.12. The number of halogens is 1. The molecule has 1 heterocycles. The summed E-state index contributed by atoms with van der Waals surface area (Å²) in [5.41, 5.74) is 2.24. The molecule has 4 atom stereocenters. The third-order valence-corrected chi connectivity index (χ3v) is 6.94. The van der Waals surface area contributed by atoms with E-state index < -0.39 is 23.7 Å². The summed E-state index contributed by atoms with van der Waals surface area (Å²) in [7, 11) is 0. The van der Waals surface area contributed by atoms with Gasteiger partial charge >= 0.3 is 0 Å². The normalized spacial score (nSPS) is 30.3. The van der Waals surface area contributed by atoms with E-state index in [1.807, 2.05) is 6.08 Å². The lowest BCUT2D eigenvalue weighted by Gasteiger charge is -2.42. The highest BCUT2D eigenvalue weighted by Crippen LogP contribution is 2.55. The SMILES string of the molecule is CC1=CC(=O)C2=C(C[C@@H]3C(=CC[C@@H]4C(=O)NC(=O)[C@@H]43)[C@@H]2c2cc(Cl)ccc2O)C1=O. The summed E-state index contributed by atoms with van der Waals surface area (Å²) in [5, 5.41) is 13.4. The molecule has 0 bridgehead atoms. The smallest absolute Gasteiger partial charge is 0.231 e. The van der Waals surface area contributed by atoms with Crippen LogP contribution in [0, 0.1) is 17.8 Å². The van der Waals surface area contributed by atoms with Gasteiger partial charge in [-0.05, 0) is 50.0 Å². The van der Waals surface area contributed by atoms with Gasteiger partial charge in [-0.3, -0.25) is 24.5 Å². The molecule has 1 fully saturated rings. The van der Waals surface area contributed by atoms with Crippen LogP contribution in [0.2, 0.25) is 5.02 Å². The fourth-order valence-electron chi connectivity index (χ4n) is 5.40. The number of imide groups is 1. The number of phenols is 1. The number of fused-ring (bicyclic) bond motifs is 3. The van der Waals surface area contributed by atoms with E-state index in [4.69, 9.17) is 11.6 Å². The molecule has 0 spiro atoms. The minimum absolute atomic E-state index is 0.0432. The molecule has 4 aliphatic rings. The number of amides is 2. The maximum absolute atomic E-state index is 13.0. The van der Waals surface area contributed by atoms with E-state index in [0.29, 0.717) is 33.7 Å². The summed E-state index contributed by atoms with van der Waals surface area (Å²) >= 11 is 6.19. The molecule has 2 N–H and O–H groups in total. The topological polar surface area (TPSA) is 101 Å². The maximum Gasteiger partial charge on any atom is 0.231 e. The molecule has 1 aromatic carbocycles. The first kappa shape index (κ1) is 19.0. The van der Waals surface area contributed by atoms with Gasteiger partial charge in [-0.1, -0.05) is 23.3 Å². The Labute approximate surface area is 177 Å². The summed E-state index contributed by atoms with van der Waals surface area (Å²) in [6.07, 6.45) is 3.80. The molecule has 1 aliphatic heterocycles. The number of carbonyl (C=O) groups is 4. The van der Waals surface area contributed by atoms with Crippen LogP contribution >= 0.6 is 11.6 Å². The lowest BCUT2D eigenvalue weighted by Crippen LogP contribution is -2.39. The number of phenolic OH excluding ortho intramolecular Hbond substituents is 1. The van der Waals surface area contributed by atoms with Crippen LogP contribution in [0.3, 0.4) is 0 Å². The fraction of sp³-hybridized carbons (Fsp3) is 0.304. The molecular formula is C23H18ClNO5. The van der Waals surface area contributed by atoms with Crippen molar-refractivity contribution in [2.24, 2.45) is 17.8 Å². The summed E-state index contributed by atoms with van der Waals surface area (Å²) in [5.74, 6) is -3.37. The number of rotatable bonds is 1. The van der Waals surface area contributed by atoms with Crippen LogP contribution in [-0.2, 0) is 19.2 Å². The van der Waals surface area contributed by atoms with Crippen molar-refractivity contribution < 1.29 is 24.3 Å². The zero-order chi connectivity index (χ0) is 21.3. The number of carbonyl (C=O) groups excluding carboxylic acids is 4. The van der Waals surface area contributed by atoms with Crippen LogP contribution in [0.15, 0.2) is 52.6 Å². The van der Waals surface area contributed by atoms with Gasteiger partial charge in [0.1, 0.15) is 5.75 Å². The van der Waals surface area contributed by atoms with Gasteiger partial charge in [-0.15, -0.1) is 0 Å². The molecule has 0 unspecified atom stereocenters. The molecular weight excluding hydrogens is 406 g/mol. The molecule has 0 aromatic heterocycles. The second-order valence-corrected chi connectivity index (χ2v) is 8.72. The number of ketones is 2. The summed E-state index contributed by atoms with van der Waals surface area (Å²) in [6, 6.07) is 4.59. The van der Waals surface area contributed by atoms with Crippen LogP contribution < -0.4 is 5.32 Å². The van der Waals surface area contributed by atoms with Crippen molar-refractivity contribution in [3.63, 3.8) is 0 Å². The molecule has 5 rings (SSSR count). The Morgan fingerprint density at radius 2 is 1.87 bits per heavy atom. The number of nitrogens with one attached hydrogen (secondary N) is 1. The minimum Gasteiger partial charge on any atom is -0.508 e. The number of aromatic hydroxyl groups is 1. The molecule has 0 radical (unpaired) electrons. The summed E-state index contributed by atoms with van der Waals surface area (Å²) in [6.45, 7) is 1.59. The minimum atomic E-state index is -0.692. The number of hydrogen-bond acceptors (Lipinski definition) is 5. The van der Waals surface area contributed by atoms with Gasteiger partial charge in [0.05, 0.1) is 11.8 Å². The van der Waals surface area contributed by atoms with Gasteiger partial charge in [0.25, 0.3) is 0 Å². The number of allylic oxidation sites excluding steroid dienone is 6. The second-order valence-electron chi connectivity index (χ2n) is 8.29. The average Bonchev–Trinajstić information content (AvgIpc) is 3.00. The van der Waals surface area contributed by atoms with Gasteiger partial charge in [-0.2, -0.15) is 0 Å². The first-order valence-corrected chi connectivity index (χ1v) is 10.2. The first-order chi connectivity index (χ1) is 14.3. The lowest BCUT2D eigenvalue weighted by atomic mass is 9.59. The van der Waals surface area contributed by atoms with E-state index in [1.54, 1.807) is 19.1 Å². The molecule has 0 saturated carbocycles. The molecule has 3 aliphatic carbocycles. The molecule has 1 aromatic rings. The summed E-state index contributed by atoms with van der Waals surface area (Å²) < 4.78 is 0. The van der Waals surface area contributed by atoms with Gasteiger partial charge in [0.2, 0.25) is 11.8 Å². The maximum atomic E-state index is 13.0. The lowest BCUT2D eigenvalue weighted by molar-refractivity contribution is -0.126. The first-order valence-electron chi connectivity index (χ1n) is 9.81. The third kappa shape index (κ3) is 2.56. The monoisotopic (exact) mass is 423 g/mol. The number of benzene rings is 1. The van der Waals surface area contributed by atoms with E-state index in [9.17, 15) is 24.3 Å². The Morgan fingerprint density at radius 1 is 1.10 bits per heavy atom. The Hall–Kier alpha value is -2.99. The zero-order valence-electron chi connectivity index (χ0n) is 16.1. The van der Waals surface area contributed by atoms with Gasteiger partial charge < -0.3 is 5.11 Å². The Balaban J connectivity index is 1.75. The quantitative estimate of drug-likeness (QED) is 0.411. The van der Waals surface area contributed by atoms with Gasteiger partial charge in [0.15, 0.2) is 11.6 Å². The van der Waals surface area contributed by atoms with E-state index in [1.165, 1.54) is 12.1 Å². The van der Waals surface area contributed by atoms with Crippen molar-refractivity contribution in [1.82, 2.24) is 5.32 Å². The van der Waals surface area contributed by atoms with Crippen molar-refractivity contribution in [3.8, 4) is 5.75 Å². The molecule has 152 valence electrons. The molecule has 2 amide bonds. The van der Waals surface area contributed by atoms with E-state index in [0.717, 1.165) is 5.57 Å². The van der Waals surface area contributed by atoms with Crippen LogP contribution in [0.5, 0.6) is 5.75 Å². The van der Waals surface area contributed by atoms with Gasteiger partial charge in [-0.25, -0.2) is 0 Å². The average molecular weight is 424 g/mol. The summed E-state index contributed by atoms with van der Waals surface area (Å²) in [4.78, 5) is 50.8.